The van der Waals surface area contributed by atoms with Crippen molar-refractivity contribution in [1.29, 1.82) is 0 Å². The van der Waals surface area contributed by atoms with Crippen LogP contribution in [0.25, 0.3) is 0 Å². The number of aryl methyl sites for hydroxylation is 1. The first-order chi connectivity index (χ1) is 15.7. The van der Waals surface area contributed by atoms with Crippen molar-refractivity contribution in [3.8, 4) is 5.75 Å². The van der Waals surface area contributed by atoms with E-state index in [0.717, 1.165) is 42.1 Å². The number of carboxylic acids is 1. The Bertz CT molecular complexity index is 1170. The fraction of sp³-hybridized carbons (Fsp3) is 0.538. The number of rotatable bonds is 5. The highest BCUT2D eigenvalue weighted by Crippen LogP contribution is 2.54. The van der Waals surface area contributed by atoms with Crippen LogP contribution in [0.1, 0.15) is 58.9 Å². The normalized spacial score (nSPS) is 29.3. The van der Waals surface area contributed by atoms with Crippen LogP contribution in [0.3, 0.4) is 0 Å². The van der Waals surface area contributed by atoms with E-state index in [1.165, 1.54) is 18.9 Å². The summed E-state index contributed by atoms with van der Waals surface area (Å²) >= 11 is 0. The Balaban J connectivity index is 1.69. The minimum atomic E-state index is -1.25. The molecule has 7 heteroatoms. The largest absolute Gasteiger partial charge is 0.497 e. The fourth-order valence-electron chi connectivity index (χ4n) is 6.27. The van der Waals surface area contributed by atoms with Crippen molar-refractivity contribution >= 4 is 5.97 Å². The summed E-state index contributed by atoms with van der Waals surface area (Å²) in [6, 6.07) is 7.32. The van der Waals surface area contributed by atoms with Crippen LogP contribution in [0, 0.1) is 12.8 Å². The van der Waals surface area contributed by atoms with Gasteiger partial charge in [0.15, 0.2) is 0 Å². The third-order valence-corrected chi connectivity index (χ3v) is 8.43. The number of aliphatic hydroxyl groups is 1. The van der Waals surface area contributed by atoms with Gasteiger partial charge in [-0.3, -0.25) is 9.69 Å². The summed E-state index contributed by atoms with van der Waals surface area (Å²) in [5.41, 5.74) is 0.931. The zero-order valence-corrected chi connectivity index (χ0v) is 19.5. The lowest BCUT2D eigenvalue weighted by Crippen LogP contribution is -2.71. The zero-order chi connectivity index (χ0) is 23.5. The van der Waals surface area contributed by atoms with E-state index in [-0.39, 0.29) is 11.6 Å². The molecule has 7 nitrogen and oxygen atoms in total. The highest BCUT2D eigenvalue weighted by Gasteiger charge is 2.61. The SMILES string of the molecule is COc1ccc(C)c(C23CCN(CC4CC4)C(C)C2(O)Cc2cc(C(=O)O)c(=O)[nH]c2C3)c1. The molecular weight excluding hydrogens is 420 g/mol. The number of nitrogens with zero attached hydrogens (tertiary/aromatic N) is 1. The second kappa shape index (κ2) is 7.71. The molecule has 1 saturated carbocycles. The first kappa shape index (κ1) is 22.2. The molecule has 1 saturated heterocycles. The molecule has 1 aliphatic heterocycles. The molecule has 3 atom stereocenters. The summed E-state index contributed by atoms with van der Waals surface area (Å²) in [5.74, 6) is 0.187. The van der Waals surface area contributed by atoms with E-state index in [0.29, 0.717) is 24.3 Å². The summed E-state index contributed by atoms with van der Waals surface area (Å²) in [6.07, 6.45) is 3.97. The van der Waals surface area contributed by atoms with E-state index in [9.17, 15) is 19.8 Å². The number of piperidine rings is 1. The molecule has 5 rings (SSSR count). The smallest absolute Gasteiger partial charge is 0.341 e. The molecule has 0 radical (unpaired) electrons. The van der Waals surface area contributed by atoms with Crippen LogP contribution >= 0.6 is 0 Å². The van der Waals surface area contributed by atoms with Gasteiger partial charge in [0.1, 0.15) is 11.3 Å². The number of carbonyl (C=O) groups is 1. The van der Waals surface area contributed by atoms with Gasteiger partial charge in [-0.2, -0.15) is 0 Å². The number of carboxylic acid groups (broad SMARTS) is 1. The van der Waals surface area contributed by atoms with Gasteiger partial charge in [0.05, 0.1) is 12.7 Å². The number of likely N-dealkylation sites (tertiary alicyclic amines) is 1. The number of ether oxygens (including phenoxy) is 1. The Labute approximate surface area is 193 Å². The van der Waals surface area contributed by atoms with Gasteiger partial charge in [-0.1, -0.05) is 6.07 Å². The Morgan fingerprint density at radius 2 is 2.03 bits per heavy atom. The first-order valence-corrected chi connectivity index (χ1v) is 11.8. The Morgan fingerprint density at radius 3 is 2.70 bits per heavy atom. The van der Waals surface area contributed by atoms with Crippen LogP contribution in [0.2, 0.25) is 0 Å². The van der Waals surface area contributed by atoms with E-state index in [4.69, 9.17) is 4.74 Å². The molecule has 0 amide bonds. The number of pyridine rings is 1. The first-order valence-electron chi connectivity index (χ1n) is 11.8. The third kappa shape index (κ3) is 3.40. The van der Waals surface area contributed by atoms with Crippen molar-refractivity contribution in [1.82, 2.24) is 9.88 Å². The lowest BCUT2D eigenvalue weighted by atomic mass is 9.53. The number of hydrogen-bond donors (Lipinski definition) is 3. The summed E-state index contributed by atoms with van der Waals surface area (Å²) in [6.45, 7) is 6.00. The van der Waals surface area contributed by atoms with Crippen LogP contribution in [-0.2, 0) is 18.3 Å². The van der Waals surface area contributed by atoms with Crippen LogP contribution in [0.15, 0.2) is 29.1 Å². The van der Waals surface area contributed by atoms with Crippen molar-refractivity contribution in [3.63, 3.8) is 0 Å². The van der Waals surface area contributed by atoms with Gasteiger partial charge in [-0.15, -0.1) is 0 Å². The van der Waals surface area contributed by atoms with Crippen LogP contribution in [-0.4, -0.2) is 57.9 Å². The van der Waals surface area contributed by atoms with E-state index in [2.05, 4.69) is 23.7 Å². The van der Waals surface area contributed by atoms with Crippen molar-refractivity contribution in [3.05, 3.63) is 62.6 Å². The standard InChI is InChI=1S/C26H32N2O5/c1-15-4-7-19(33-3)11-21(15)25-8-9-28(14-17-5-6-17)16(2)26(25,32)12-18-10-20(24(30)31)23(29)27-22(18)13-25/h4,7,10-11,16-17,32H,5-6,8-9,12-14H2,1-3H3,(H,27,29)(H,30,31). The molecule has 33 heavy (non-hydrogen) atoms. The predicted octanol–water partition coefficient (Wildman–Crippen LogP) is 2.66. The van der Waals surface area contributed by atoms with Crippen LogP contribution < -0.4 is 10.3 Å². The molecule has 0 bridgehead atoms. The van der Waals surface area contributed by atoms with E-state index < -0.39 is 22.5 Å². The maximum Gasteiger partial charge on any atom is 0.341 e. The number of methoxy groups -OCH3 is 1. The molecule has 2 aromatic rings. The topological polar surface area (TPSA) is 103 Å². The number of benzene rings is 1. The molecule has 176 valence electrons. The molecule has 1 aromatic carbocycles. The number of aromatic nitrogens is 1. The average molecular weight is 453 g/mol. The molecule has 2 aliphatic carbocycles. The number of H-pyrrole nitrogens is 1. The predicted molar refractivity (Wildman–Crippen MR) is 124 cm³/mol. The quantitative estimate of drug-likeness (QED) is 0.645. The minimum Gasteiger partial charge on any atom is -0.497 e. The number of hydrogen-bond acceptors (Lipinski definition) is 5. The third-order valence-electron chi connectivity index (χ3n) is 8.43. The van der Waals surface area contributed by atoms with Gasteiger partial charge in [0, 0.05) is 36.5 Å². The van der Waals surface area contributed by atoms with Crippen molar-refractivity contribution in [2.75, 3.05) is 20.2 Å². The maximum atomic E-state index is 12.6. The van der Waals surface area contributed by atoms with Crippen molar-refractivity contribution in [2.45, 2.75) is 63.0 Å². The number of aromatic carboxylic acids is 1. The van der Waals surface area contributed by atoms with Crippen LogP contribution in [0.5, 0.6) is 5.75 Å². The second-order valence-corrected chi connectivity index (χ2v) is 10.2. The van der Waals surface area contributed by atoms with Gasteiger partial charge in [-0.25, -0.2) is 4.79 Å². The number of fused-ring (bicyclic) bond motifs is 2. The van der Waals surface area contributed by atoms with Gasteiger partial charge in [0.25, 0.3) is 5.56 Å². The van der Waals surface area contributed by atoms with Gasteiger partial charge in [-0.05, 0) is 80.5 Å². The molecule has 1 aromatic heterocycles. The highest BCUT2D eigenvalue weighted by atomic mass is 16.5. The van der Waals surface area contributed by atoms with Crippen molar-refractivity contribution < 1.29 is 19.7 Å². The molecule has 3 N–H and O–H groups in total. The summed E-state index contributed by atoms with van der Waals surface area (Å²) in [4.78, 5) is 29.4. The summed E-state index contributed by atoms with van der Waals surface area (Å²) < 4.78 is 5.53. The molecule has 3 aliphatic rings. The molecule has 0 spiro atoms. The monoisotopic (exact) mass is 452 g/mol. The second-order valence-electron chi connectivity index (χ2n) is 10.2. The van der Waals surface area contributed by atoms with E-state index in [1.54, 1.807) is 7.11 Å². The molecule has 2 heterocycles. The Morgan fingerprint density at radius 1 is 1.27 bits per heavy atom. The summed E-state index contributed by atoms with van der Waals surface area (Å²) in [5, 5.41) is 22.1. The molecular formula is C26H32N2O5. The highest BCUT2D eigenvalue weighted by molar-refractivity contribution is 5.87. The van der Waals surface area contributed by atoms with E-state index in [1.807, 2.05) is 18.2 Å². The number of nitrogens with one attached hydrogen (secondary N) is 1. The average Bonchev–Trinajstić information content (AvgIpc) is 3.60. The summed E-state index contributed by atoms with van der Waals surface area (Å²) in [7, 11) is 1.64. The maximum absolute atomic E-state index is 12.6. The zero-order valence-electron chi connectivity index (χ0n) is 19.5. The van der Waals surface area contributed by atoms with Crippen molar-refractivity contribution in [2.24, 2.45) is 5.92 Å². The Kier molecular flexibility index (Phi) is 5.18. The van der Waals surface area contributed by atoms with Gasteiger partial charge >= 0.3 is 5.97 Å². The van der Waals surface area contributed by atoms with E-state index >= 15 is 0 Å². The minimum absolute atomic E-state index is 0.120. The molecule has 3 unspecified atom stereocenters. The van der Waals surface area contributed by atoms with Crippen LogP contribution in [0.4, 0.5) is 0 Å². The number of aromatic amines is 1. The van der Waals surface area contributed by atoms with Gasteiger partial charge in [0.2, 0.25) is 0 Å². The lowest BCUT2D eigenvalue weighted by molar-refractivity contribution is -0.139. The Hall–Kier alpha value is -2.64. The lowest BCUT2D eigenvalue weighted by Gasteiger charge is -2.60. The van der Waals surface area contributed by atoms with Gasteiger partial charge < -0.3 is 19.9 Å². The fourth-order valence-corrected chi connectivity index (χ4v) is 6.27. The molecule has 2 fully saturated rings.